The van der Waals surface area contributed by atoms with E-state index in [1.165, 1.54) is 23.3 Å². The summed E-state index contributed by atoms with van der Waals surface area (Å²) >= 11 is 0. The first-order chi connectivity index (χ1) is 13.5. The van der Waals surface area contributed by atoms with Gasteiger partial charge in [0.15, 0.2) is 0 Å². The van der Waals surface area contributed by atoms with Gasteiger partial charge in [-0.2, -0.15) is 0 Å². The summed E-state index contributed by atoms with van der Waals surface area (Å²) in [4.78, 5) is 17.2. The second-order valence-electron chi connectivity index (χ2n) is 7.64. The number of nitrogens with zero attached hydrogens (tertiary/aromatic N) is 2. The van der Waals surface area contributed by atoms with Crippen LogP contribution >= 0.6 is 0 Å². The maximum absolute atomic E-state index is 12.9. The summed E-state index contributed by atoms with van der Waals surface area (Å²) in [6, 6.07) is 15.0. The maximum atomic E-state index is 12.9. The van der Waals surface area contributed by atoms with Crippen LogP contribution in [0.1, 0.15) is 23.6 Å². The smallest absolute Gasteiger partial charge is 0.237 e. The quantitative estimate of drug-likeness (QED) is 0.798. The predicted molar refractivity (Wildman–Crippen MR) is 111 cm³/mol. The number of piperazine rings is 1. The first-order valence-corrected chi connectivity index (χ1v) is 10.1. The first-order valence-electron chi connectivity index (χ1n) is 10.1. The molecule has 1 atom stereocenters. The number of aryl methyl sites for hydroxylation is 1. The second-order valence-corrected chi connectivity index (χ2v) is 7.64. The summed E-state index contributed by atoms with van der Waals surface area (Å²) in [5, 5.41) is 3.01. The maximum Gasteiger partial charge on any atom is 0.237 e. The molecule has 1 fully saturated rings. The highest BCUT2D eigenvalue weighted by molar-refractivity contribution is 5.81. The molecule has 1 unspecified atom stereocenters. The standard InChI is InChI=1S/C23H30FN3O/c1-18-4-3-5-21(16-18)17-26-12-14-27(15-13-26)19(2)23(28)25-11-10-20-6-8-22(24)9-7-20/h3-9,16,19H,10-15,17H2,1-2H3,(H,25,28). The predicted octanol–water partition coefficient (Wildman–Crippen LogP) is 3.00. The number of benzene rings is 2. The third kappa shape index (κ3) is 5.88. The average molecular weight is 384 g/mol. The van der Waals surface area contributed by atoms with Gasteiger partial charge in [-0.05, 0) is 43.5 Å². The van der Waals surface area contributed by atoms with Gasteiger partial charge in [0.2, 0.25) is 5.91 Å². The lowest BCUT2D eigenvalue weighted by atomic mass is 10.1. The molecule has 1 aliphatic heterocycles. The van der Waals surface area contributed by atoms with Gasteiger partial charge in [0, 0.05) is 39.3 Å². The summed E-state index contributed by atoms with van der Waals surface area (Å²) in [7, 11) is 0. The van der Waals surface area contributed by atoms with Gasteiger partial charge in [-0.1, -0.05) is 42.0 Å². The largest absolute Gasteiger partial charge is 0.354 e. The molecule has 1 N–H and O–H groups in total. The molecule has 1 amide bonds. The number of amides is 1. The minimum Gasteiger partial charge on any atom is -0.354 e. The number of carbonyl (C=O) groups is 1. The van der Waals surface area contributed by atoms with Gasteiger partial charge >= 0.3 is 0 Å². The van der Waals surface area contributed by atoms with E-state index in [4.69, 9.17) is 0 Å². The Hall–Kier alpha value is -2.24. The van der Waals surface area contributed by atoms with Crippen LogP contribution in [0.4, 0.5) is 4.39 Å². The highest BCUT2D eigenvalue weighted by atomic mass is 19.1. The van der Waals surface area contributed by atoms with Gasteiger partial charge in [0.1, 0.15) is 5.82 Å². The van der Waals surface area contributed by atoms with E-state index < -0.39 is 0 Å². The molecule has 3 rings (SSSR count). The molecule has 0 aliphatic carbocycles. The molecular weight excluding hydrogens is 353 g/mol. The van der Waals surface area contributed by atoms with E-state index in [1.54, 1.807) is 12.1 Å². The van der Waals surface area contributed by atoms with Crippen LogP contribution in [-0.4, -0.2) is 54.5 Å². The lowest BCUT2D eigenvalue weighted by molar-refractivity contribution is -0.126. The zero-order valence-corrected chi connectivity index (χ0v) is 16.8. The number of hydrogen-bond donors (Lipinski definition) is 1. The highest BCUT2D eigenvalue weighted by Gasteiger charge is 2.25. The van der Waals surface area contributed by atoms with Crippen molar-refractivity contribution in [1.29, 1.82) is 0 Å². The Morgan fingerprint density at radius 3 is 2.46 bits per heavy atom. The van der Waals surface area contributed by atoms with E-state index in [0.29, 0.717) is 13.0 Å². The topological polar surface area (TPSA) is 35.6 Å². The van der Waals surface area contributed by atoms with Crippen molar-refractivity contribution in [3.63, 3.8) is 0 Å². The third-order valence-corrected chi connectivity index (χ3v) is 5.45. The molecular formula is C23H30FN3O. The third-order valence-electron chi connectivity index (χ3n) is 5.45. The summed E-state index contributed by atoms with van der Waals surface area (Å²) < 4.78 is 12.9. The Morgan fingerprint density at radius 1 is 1.07 bits per heavy atom. The van der Waals surface area contributed by atoms with Crippen LogP contribution in [0.3, 0.4) is 0 Å². The Kier molecular flexibility index (Phi) is 7.18. The van der Waals surface area contributed by atoms with Crippen molar-refractivity contribution in [2.45, 2.75) is 32.9 Å². The number of rotatable bonds is 7. The van der Waals surface area contributed by atoms with Crippen LogP contribution in [0.2, 0.25) is 0 Å². The molecule has 0 saturated carbocycles. The van der Waals surface area contributed by atoms with Gasteiger partial charge in [-0.25, -0.2) is 4.39 Å². The average Bonchev–Trinajstić information content (AvgIpc) is 2.69. The van der Waals surface area contributed by atoms with Crippen LogP contribution in [-0.2, 0) is 17.8 Å². The van der Waals surface area contributed by atoms with Crippen LogP contribution < -0.4 is 5.32 Å². The van der Waals surface area contributed by atoms with Crippen molar-refractivity contribution >= 4 is 5.91 Å². The van der Waals surface area contributed by atoms with Crippen LogP contribution in [0.15, 0.2) is 48.5 Å². The molecule has 1 aliphatic rings. The molecule has 0 spiro atoms. The van der Waals surface area contributed by atoms with Crippen molar-refractivity contribution in [3.8, 4) is 0 Å². The van der Waals surface area contributed by atoms with E-state index in [0.717, 1.165) is 38.3 Å². The molecule has 5 heteroatoms. The molecule has 0 aromatic heterocycles. The van der Waals surface area contributed by atoms with Crippen molar-refractivity contribution < 1.29 is 9.18 Å². The summed E-state index contributed by atoms with van der Waals surface area (Å²) in [6.45, 7) is 9.39. The van der Waals surface area contributed by atoms with Crippen molar-refractivity contribution in [1.82, 2.24) is 15.1 Å². The molecule has 2 aromatic rings. The number of nitrogens with one attached hydrogen (secondary N) is 1. The molecule has 1 saturated heterocycles. The van der Waals surface area contributed by atoms with E-state index in [2.05, 4.69) is 46.3 Å². The summed E-state index contributed by atoms with van der Waals surface area (Å²) in [5.41, 5.74) is 3.67. The number of halogens is 1. The monoisotopic (exact) mass is 383 g/mol. The molecule has 4 nitrogen and oxygen atoms in total. The lowest BCUT2D eigenvalue weighted by Gasteiger charge is -2.37. The fourth-order valence-corrected chi connectivity index (χ4v) is 3.67. The van der Waals surface area contributed by atoms with Gasteiger partial charge in [-0.3, -0.25) is 14.6 Å². The van der Waals surface area contributed by atoms with Gasteiger partial charge in [0.25, 0.3) is 0 Å². The van der Waals surface area contributed by atoms with Gasteiger partial charge in [0.05, 0.1) is 6.04 Å². The van der Waals surface area contributed by atoms with Crippen LogP contribution in [0.25, 0.3) is 0 Å². The van der Waals surface area contributed by atoms with E-state index >= 15 is 0 Å². The first kappa shape index (κ1) is 20.5. The number of hydrogen-bond acceptors (Lipinski definition) is 3. The minimum absolute atomic E-state index is 0.0641. The second kappa shape index (κ2) is 9.80. The fraction of sp³-hybridized carbons (Fsp3) is 0.435. The fourth-order valence-electron chi connectivity index (χ4n) is 3.67. The SMILES string of the molecule is Cc1cccc(CN2CCN(C(C)C(=O)NCCc3ccc(F)cc3)CC2)c1. The summed E-state index contributed by atoms with van der Waals surface area (Å²) in [6.07, 6.45) is 0.711. The lowest BCUT2D eigenvalue weighted by Crippen LogP contribution is -2.53. The minimum atomic E-state index is -0.233. The molecule has 1 heterocycles. The van der Waals surface area contributed by atoms with Crippen molar-refractivity contribution in [2.75, 3.05) is 32.7 Å². The van der Waals surface area contributed by atoms with Crippen LogP contribution in [0.5, 0.6) is 0 Å². The van der Waals surface area contributed by atoms with Gasteiger partial charge < -0.3 is 5.32 Å². The Morgan fingerprint density at radius 2 is 1.79 bits per heavy atom. The molecule has 150 valence electrons. The van der Waals surface area contributed by atoms with E-state index in [1.807, 2.05) is 6.92 Å². The Bertz CT molecular complexity index is 770. The van der Waals surface area contributed by atoms with Crippen molar-refractivity contribution in [2.24, 2.45) is 0 Å². The highest BCUT2D eigenvalue weighted by Crippen LogP contribution is 2.12. The molecule has 28 heavy (non-hydrogen) atoms. The molecule has 2 aromatic carbocycles. The van der Waals surface area contributed by atoms with E-state index in [9.17, 15) is 9.18 Å². The van der Waals surface area contributed by atoms with E-state index in [-0.39, 0.29) is 17.8 Å². The Labute approximate surface area is 167 Å². The zero-order chi connectivity index (χ0) is 19.9. The molecule has 0 radical (unpaired) electrons. The van der Waals surface area contributed by atoms with Crippen molar-refractivity contribution in [3.05, 3.63) is 71.0 Å². The molecule has 0 bridgehead atoms. The number of carbonyl (C=O) groups excluding carboxylic acids is 1. The normalized spacial score (nSPS) is 16.7. The van der Waals surface area contributed by atoms with Gasteiger partial charge in [-0.15, -0.1) is 0 Å². The summed E-state index contributed by atoms with van der Waals surface area (Å²) in [5.74, 6) is -0.169. The van der Waals surface area contributed by atoms with Crippen LogP contribution in [0, 0.1) is 12.7 Å². The Balaban J connectivity index is 1.39. The zero-order valence-electron chi connectivity index (χ0n) is 16.8.